The van der Waals surface area contributed by atoms with E-state index < -0.39 is 10.0 Å². The summed E-state index contributed by atoms with van der Waals surface area (Å²) >= 11 is 0. The number of benzene rings is 1. The minimum atomic E-state index is -3.43. The third-order valence-electron chi connectivity index (χ3n) is 3.20. The predicted molar refractivity (Wildman–Crippen MR) is 68.6 cm³/mol. The average molecular weight is 270 g/mol. The molecule has 1 aliphatic rings. The normalized spacial score (nSPS) is 17.9. The minimum absolute atomic E-state index is 0.346. The molecule has 0 aliphatic carbocycles. The summed E-state index contributed by atoms with van der Waals surface area (Å²) in [4.78, 5) is 0.354. The van der Waals surface area contributed by atoms with Crippen LogP contribution in [0, 0.1) is 6.92 Å². The zero-order valence-electron chi connectivity index (χ0n) is 10.4. The number of sulfonamides is 1. The van der Waals surface area contributed by atoms with Crippen LogP contribution in [0.2, 0.25) is 0 Å². The van der Waals surface area contributed by atoms with Crippen LogP contribution >= 0.6 is 0 Å². The molecule has 0 radical (unpaired) electrons. The first-order valence-corrected chi connectivity index (χ1v) is 7.38. The van der Waals surface area contributed by atoms with Crippen molar-refractivity contribution in [3.05, 3.63) is 29.3 Å². The zero-order chi connectivity index (χ0) is 13.2. The molecular weight excluding hydrogens is 252 g/mol. The standard InChI is InChI=1S/C12H18N2O3S/c1-10-11(9-13)3-2-4-12(10)18(15,16)14-5-7-17-8-6-14/h2-4H,5-9,13H2,1H3. The van der Waals surface area contributed by atoms with Gasteiger partial charge in [0.25, 0.3) is 0 Å². The van der Waals surface area contributed by atoms with Crippen LogP contribution in [-0.2, 0) is 21.3 Å². The summed E-state index contributed by atoms with van der Waals surface area (Å²) < 4.78 is 31.7. The highest BCUT2D eigenvalue weighted by Crippen LogP contribution is 2.23. The van der Waals surface area contributed by atoms with Crippen molar-refractivity contribution in [1.29, 1.82) is 0 Å². The lowest BCUT2D eigenvalue weighted by molar-refractivity contribution is 0.0730. The Kier molecular flexibility index (Phi) is 4.01. The van der Waals surface area contributed by atoms with Gasteiger partial charge in [0.05, 0.1) is 18.1 Å². The topological polar surface area (TPSA) is 72.6 Å². The van der Waals surface area contributed by atoms with Gasteiger partial charge in [-0.3, -0.25) is 0 Å². The Labute approximate surface area is 108 Å². The van der Waals surface area contributed by atoms with Crippen LogP contribution in [0.1, 0.15) is 11.1 Å². The molecule has 18 heavy (non-hydrogen) atoms. The molecule has 1 fully saturated rings. The number of ether oxygens (including phenoxy) is 1. The molecule has 100 valence electrons. The molecule has 0 aromatic heterocycles. The van der Waals surface area contributed by atoms with E-state index in [2.05, 4.69) is 0 Å². The molecule has 2 N–H and O–H groups in total. The number of nitrogens with two attached hydrogens (primary N) is 1. The summed E-state index contributed by atoms with van der Waals surface area (Å²) in [5.74, 6) is 0. The smallest absolute Gasteiger partial charge is 0.243 e. The van der Waals surface area contributed by atoms with Crippen LogP contribution < -0.4 is 5.73 Å². The maximum absolute atomic E-state index is 12.5. The Morgan fingerprint density at radius 3 is 2.61 bits per heavy atom. The van der Waals surface area contributed by atoms with E-state index in [1.54, 1.807) is 19.1 Å². The number of rotatable bonds is 3. The maximum Gasteiger partial charge on any atom is 0.243 e. The molecule has 1 aliphatic heterocycles. The molecule has 6 heteroatoms. The lowest BCUT2D eigenvalue weighted by Crippen LogP contribution is -2.40. The Balaban J connectivity index is 2.40. The Hall–Kier alpha value is -0.950. The van der Waals surface area contributed by atoms with Crippen molar-refractivity contribution in [2.75, 3.05) is 26.3 Å². The van der Waals surface area contributed by atoms with Crippen LogP contribution in [0.3, 0.4) is 0 Å². The lowest BCUT2D eigenvalue weighted by atomic mass is 10.1. The largest absolute Gasteiger partial charge is 0.379 e. The van der Waals surface area contributed by atoms with E-state index in [4.69, 9.17) is 10.5 Å². The molecule has 0 unspecified atom stereocenters. The Morgan fingerprint density at radius 1 is 1.33 bits per heavy atom. The molecule has 0 amide bonds. The molecule has 1 aromatic rings. The number of hydrogen-bond donors (Lipinski definition) is 1. The van der Waals surface area contributed by atoms with Gasteiger partial charge in [-0.15, -0.1) is 0 Å². The van der Waals surface area contributed by atoms with Gasteiger partial charge in [0.1, 0.15) is 0 Å². The molecule has 5 nitrogen and oxygen atoms in total. The Bertz CT molecular complexity index is 522. The number of hydrogen-bond acceptors (Lipinski definition) is 4. The van der Waals surface area contributed by atoms with Crippen LogP contribution in [0.15, 0.2) is 23.1 Å². The third-order valence-corrected chi connectivity index (χ3v) is 5.25. The molecule has 0 atom stereocenters. The first-order chi connectivity index (χ1) is 8.57. The van der Waals surface area contributed by atoms with Crippen LogP contribution in [0.5, 0.6) is 0 Å². The van der Waals surface area contributed by atoms with E-state index in [1.165, 1.54) is 4.31 Å². The second-order valence-electron chi connectivity index (χ2n) is 4.26. The van der Waals surface area contributed by atoms with Gasteiger partial charge < -0.3 is 10.5 Å². The minimum Gasteiger partial charge on any atom is -0.379 e. The third kappa shape index (κ3) is 2.42. The van der Waals surface area contributed by atoms with E-state index >= 15 is 0 Å². The summed E-state index contributed by atoms with van der Waals surface area (Å²) in [7, 11) is -3.43. The van der Waals surface area contributed by atoms with Gasteiger partial charge in [0, 0.05) is 19.6 Å². The van der Waals surface area contributed by atoms with Gasteiger partial charge in [-0.1, -0.05) is 12.1 Å². The van der Waals surface area contributed by atoms with Crippen LogP contribution in [0.25, 0.3) is 0 Å². The van der Waals surface area contributed by atoms with Crippen molar-refractivity contribution in [1.82, 2.24) is 4.31 Å². The summed E-state index contributed by atoms with van der Waals surface area (Å²) in [5, 5.41) is 0. The molecule has 1 heterocycles. The highest BCUT2D eigenvalue weighted by Gasteiger charge is 2.27. The van der Waals surface area contributed by atoms with Gasteiger partial charge in [-0.05, 0) is 24.1 Å². The van der Waals surface area contributed by atoms with E-state index in [0.29, 0.717) is 37.7 Å². The van der Waals surface area contributed by atoms with Crippen molar-refractivity contribution < 1.29 is 13.2 Å². The van der Waals surface area contributed by atoms with Crippen molar-refractivity contribution >= 4 is 10.0 Å². The molecule has 2 rings (SSSR count). The lowest BCUT2D eigenvalue weighted by Gasteiger charge is -2.27. The number of nitrogens with zero attached hydrogens (tertiary/aromatic N) is 1. The summed E-state index contributed by atoms with van der Waals surface area (Å²) in [6.45, 7) is 3.88. The van der Waals surface area contributed by atoms with Crippen LogP contribution in [-0.4, -0.2) is 39.0 Å². The van der Waals surface area contributed by atoms with E-state index in [-0.39, 0.29) is 0 Å². The van der Waals surface area contributed by atoms with Crippen molar-refractivity contribution in [3.63, 3.8) is 0 Å². The Morgan fingerprint density at radius 2 is 2.00 bits per heavy atom. The second kappa shape index (κ2) is 5.36. The highest BCUT2D eigenvalue weighted by atomic mass is 32.2. The van der Waals surface area contributed by atoms with Crippen molar-refractivity contribution in [2.45, 2.75) is 18.4 Å². The first-order valence-electron chi connectivity index (χ1n) is 5.94. The monoisotopic (exact) mass is 270 g/mol. The maximum atomic E-state index is 12.5. The summed E-state index contributed by atoms with van der Waals surface area (Å²) in [6, 6.07) is 5.23. The SMILES string of the molecule is Cc1c(CN)cccc1S(=O)(=O)N1CCOCC1. The molecule has 0 spiro atoms. The molecule has 0 saturated carbocycles. The summed E-state index contributed by atoms with van der Waals surface area (Å²) in [6.07, 6.45) is 0. The fourth-order valence-corrected chi connectivity index (χ4v) is 3.76. The van der Waals surface area contributed by atoms with Gasteiger partial charge >= 0.3 is 0 Å². The molecule has 1 aromatic carbocycles. The van der Waals surface area contributed by atoms with Crippen molar-refractivity contribution in [3.8, 4) is 0 Å². The average Bonchev–Trinajstić information content (AvgIpc) is 2.40. The predicted octanol–water partition coefficient (Wildman–Crippen LogP) is 0.475. The van der Waals surface area contributed by atoms with E-state index in [0.717, 1.165) is 11.1 Å². The van der Waals surface area contributed by atoms with Gasteiger partial charge in [-0.25, -0.2) is 8.42 Å². The fourth-order valence-electron chi connectivity index (χ4n) is 2.09. The molecular formula is C12H18N2O3S. The zero-order valence-corrected chi connectivity index (χ0v) is 11.2. The molecule has 1 saturated heterocycles. The van der Waals surface area contributed by atoms with Crippen LogP contribution in [0.4, 0.5) is 0 Å². The quantitative estimate of drug-likeness (QED) is 0.867. The van der Waals surface area contributed by atoms with Crippen molar-refractivity contribution in [2.24, 2.45) is 5.73 Å². The first kappa shape index (κ1) is 13.5. The number of morpholine rings is 1. The fraction of sp³-hybridized carbons (Fsp3) is 0.500. The van der Waals surface area contributed by atoms with Gasteiger partial charge in [0.15, 0.2) is 0 Å². The van der Waals surface area contributed by atoms with E-state index in [9.17, 15) is 8.42 Å². The highest BCUT2D eigenvalue weighted by molar-refractivity contribution is 7.89. The van der Waals surface area contributed by atoms with Gasteiger partial charge in [0.2, 0.25) is 10.0 Å². The molecule has 0 bridgehead atoms. The second-order valence-corrected chi connectivity index (χ2v) is 6.17. The van der Waals surface area contributed by atoms with E-state index in [1.807, 2.05) is 6.07 Å². The van der Waals surface area contributed by atoms with Gasteiger partial charge in [-0.2, -0.15) is 4.31 Å². The summed E-state index contributed by atoms with van der Waals surface area (Å²) in [5.41, 5.74) is 7.22.